The number of halogens is 1. The molecule has 10 nitrogen and oxygen atoms in total. The Hall–Kier alpha value is -4.32. The molecule has 3 aromatic rings. The zero-order valence-corrected chi connectivity index (χ0v) is 27.9. The monoisotopic (exact) mass is 713 g/mol. The number of cyclic esters (lactones) is 1. The normalized spacial score (nSPS) is 31.4. The Morgan fingerprint density at radius 1 is 0.938 bits per heavy atom. The lowest BCUT2D eigenvalue weighted by Crippen LogP contribution is -2.56. The number of carbonyl (C=O) groups excluding carboxylic acids is 4. The summed E-state index contributed by atoms with van der Waals surface area (Å²) in [7, 11) is 0. The Morgan fingerprint density at radius 2 is 1.69 bits per heavy atom. The zero-order valence-electron chi connectivity index (χ0n) is 26.3. The van der Waals surface area contributed by atoms with E-state index < -0.39 is 59.5 Å². The summed E-state index contributed by atoms with van der Waals surface area (Å²) in [4.78, 5) is 59.5. The van der Waals surface area contributed by atoms with E-state index in [1.807, 2.05) is 84.9 Å². The minimum atomic E-state index is -1.48. The summed E-state index contributed by atoms with van der Waals surface area (Å²) in [6.07, 6.45) is 4.35. The number of rotatable bonds is 4. The summed E-state index contributed by atoms with van der Waals surface area (Å²) >= 11 is 3.58. The number of carbonyl (C=O) groups is 4. The number of nitrogens with zero attached hydrogens (tertiary/aromatic N) is 2. The van der Waals surface area contributed by atoms with Gasteiger partial charge in [-0.25, -0.2) is 0 Å². The quantitative estimate of drug-likeness (QED) is 0.307. The second kappa shape index (κ2) is 12.9. The first-order chi connectivity index (χ1) is 23.2. The lowest BCUT2D eigenvalue weighted by molar-refractivity contribution is -0.161. The maximum Gasteiger partial charge on any atom is 0.313 e. The summed E-state index contributed by atoms with van der Waals surface area (Å²) in [5.74, 6) is -3.90. The highest BCUT2D eigenvalue weighted by Crippen LogP contribution is 2.59. The molecule has 11 heteroatoms. The second-order valence-corrected chi connectivity index (χ2v) is 13.6. The van der Waals surface area contributed by atoms with Crippen molar-refractivity contribution in [2.45, 2.75) is 49.7 Å². The van der Waals surface area contributed by atoms with Crippen LogP contribution in [0.5, 0.6) is 0 Å². The van der Waals surface area contributed by atoms with Crippen molar-refractivity contribution >= 4 is 56.1 Å². The molecule has 4 heterocycles. The van der Waals surface area contributed by atoms with Gasteiger partial charge in [0, 0.05) is 29.7 Å². The van der Waals surface area contributed by atoms with Crippen LogP contribution in [0.1, 0.15) is 31.4 Å². The van der Waals surface area contributed by atoms with E-state index in [2.05, 4.69) is 21.2 Å². The number of likely N-dealkylation sites (tertiary alicyclic amines) is 1. The van der Waals surface area contributed by atoms with Crippen LogP contribution in [0.15, 0.2) is 95.5 Å². The minimum Gasteiger partial charge on any atom is -0.455 e. The molecule has 2 fully saturated rings. The molecule has 7 rings (SSSR count). The number of allylic oxidation sites excluding steroid dienone is 1. The van der Waals surface area contributed by atoms with Crippen molar-refractivity contribution in [2.75, 3.05) is 24.6 Å². The summed E-state index contributed by atoms with van der Waals surface area (Å²) in [5.41, 5.74) is -0.185. The molecule has 0 saturated carbocycles. The molecule has 4 aliphatic heterocycles. The molecule has 2 N–H and O–H groups in total. The van der Waals surface area contributed by atoms with Crippen LogP contribution in [0, 0.1) is 11.8 Å². The van der Waals surface area contributed by atoms with E-state index in [4.69, 9.17) is 9.47 Å². The summed E-state index contributed by atoms with van der Waals surface area (Å²) in [5, 5.41) is 15.0. The first-order valence-electron chi connectivity index (χ1n) is 16.2. The number of benzene rings is 3. The fourth-order valence-electron chi connectivity index (χ4n) is 7.65. The van der Waals surface area contributed by atoms with Crippen molar-refractivity contribution < 1.29 is 33.8 Å². The van der Waals surface area contributed by atoms with E-state index in [0.29, 0.717) is 22.2 Å². The van der Waals surface area contributed by atoms with E-state index in [9.17, 15) is 24.3 Å². The smallest absolute Gasteiger partial charge is 0.313 e. The van der Waals surface area contributed by atoms with Gasteiger partial charge in [-0.3, -0.25) is 19.2 Å². The van der Waals surface area contributed by atoms with E-state index in [1.165, 1.54) is 4.90 Å². The van der Waals surface area contributed by atoms with Crippen LogP contribution in [-0.2, 0) is 28.7 Å². The van der Waals surface area contributed by atoms with Gasteiger partial charge in [-0.05, 0) is 47.9 Å². The van der Waals surface area contributed by atoms with Gasteiger partial charge < -0.3 is 29.7 Å². The third-order valence-electron chi connectivity index (χ3n) is 9.79. The van der Waals surface area contributed by atoms with Crippen molar-refractivity contribution in [3.8, 4) is 0 Å². The molecule has 7 atom stereocenters. The topological polar surface area (TPSA) is 125 Å². The van der Waals surface area contributed by atoms with Crippen LogP contribution < -0.4 is 10.2 Å². The van der Waals surface area contributed by atoms with Crippen molar-refractivity contribution in [1.29, 1.82) is 0 Å². The van der Waals surface area contributed by atoms with Gasteiger partial charge in [0.05, 0.1) is 18.6 Å². The van der Waals surface area contributed by atoms with E-state index in [-0.39, 0.29) is 32.0 Å². The molecule has 3 aromatic carbocycles. The van der Waals surface area contributed by atoms with E-state index >= 15 is 0 Å². The molecular formula is C37H36BrN3O7. The van der Waals surface area contributed by atoms with Crippen LogP contribution in [0.2, 0.25) is 0 Å². The van der Waals surface area contributed by atoms with Crippen LogP contribution in [0.4, 0.5) is 5.69 Å². The lowest BCUT2D eigenvalue weighted by Gasteiger charge is -2.35. The van der Waals surface area contributed by atoms with Crippen LogP contribution >= 0.6 is 15.9 Å². The Bertz CT molecular complexity index is 1830. The third-order valence-corrected chi connectivity index (χ3v) is 10.5. The predicted octanol–water partition coefficient (Wildman–Crippen LogP) is 4.18. The molecule has 1 spiro atoms. The molecule has 0 radical (unpaired) electrons. The Balaban J connectivity index is 1.34. The van der Waals surface area contributed by atoms with Gasteiger partial charge in [0.15, 0.2) is 0 Å². The van der Waals surface area contributed by atoms with Gasteiger partial charge in [-0.2, -0.15) is 0 Å². The van der Waals surface area contributed by atoms with E-state index in [0.717, 1.165) is 10.8 Å². The molecule has 0 unspecified atom stereocenters. The van der Waals surface area contributed by atoms with E-state index in [1.54, 1.807) is 17.9 Å². The molecular weight excluding hydrogens is 678 g/mol. The Morgan fingerprint density at radius 3 is 2.46 bits per heavy atom. The standard InChI is InChI=1S/C37H36BrN3O7/c1-22-31(24-11-4-2-5-12-24)47-36(46)29-30-34(44)41(18-19-42)33(37(30)21-27(38)32(29)48-37)35(45)40(17-9-3-6-14-28(43)39-22)26-16-15-23-10-7-8-13-25(23)20-26/h2-5,7-13,15-16,20-22,29-33,42H,6,14,17-19H2,1H3,(H,39,43)/b9-3-/t22-,29+,30-,31+,32+,33+,37-/m1/s1. The highest BCUT2D eigenvalue weighted by Gasteiger charge is 2.75. The molecule has 4 aliphatic rings. The number of amides is 3. The van der Waals surface area contributed by atoms with Crippen LogP contribution in [-0.4, -0.2) is 77.2 Å². The van der Waals surface area contributed by atoms with Gasteiger partial charge in [-0.15, -0.1) is 0 Å². The number of aliphatic hydroxyl groups excluding tert-OH is 1. The summed E-state index contributed by atoms with van der Waals surface area (Å²) < 4.78 is 13.3. The predicted molar refractivity (Wildman–Crippen MR) is 182 cm³/mol. The van der Waals surface area contributed by atoms with Gasteiger partial charge in [0.25, 0.3) is 5.91 Å². The Kier molecular flexibility index (Phi) is 8.69. The average molecular weight is 715 g/mol. The molecule has 0 aliphatic carbocycles. The number of hydrogen-bond acceptors (Lipinski definition) is 7. The number of hydrogen-bond donors (Lipinski definition) is 2. The van der Waals surface area contributed by atoms with Crippen molar-refractivity contribution in [2.24, 2.45) is 11.8 Å². The van der Waals surface area contributed by atoms with Crippen LogP contribution in [0.3, 0.4) is 0 Å². The fraction of sp³-hybridized carbons (Fsp3) is 0.351. The lowest BCUT2D eigenvalue weighted by atomic mass is 9.74. The largest absolute Gasteiger partial charge is 0.455 e. The molecule has 48 heavy (non-hydrogen) atoms. The third kappa shape index (κ3) is 5.43. The second-order valence-electron chi connectivity index (χ2n) is 12.7. The SMILES string of the molecule is C[C@H]1NC(=O)CC/C=C\CN(c2ccc3ccccc3c2)C(=O)[C@@H]2N(CCO)C(=O)[C@H]3[C@H](C(=O)O[C@@H]1c1ccccc1)[C@H]1O[C@@]23C=C1Br. The van der Waals surface area contributed by atoms with Crippen LogP contribution in [0.25, 0.3) is 10.8 Å². The molecule has 0 aromatic heterocycles. The summed E-state index contributed by atoms with van der Waals surface area (Å²) in [6.45, 7) is 1.43. The van der Waals surface area contributed by atoms with Crippen molar-refractivity contribution in [1.82, 2.24) is 10.2 Å². The first-order valence-corrected chi connectivity index (χ1v) is 17.0. The van der Waals surface area contributed by atoms with Crippen molar-refractivity contribution in [3.05, 3.63) is 101 Å². The number of aliphatic hydroxyl groups is 1. The van der Waals surface area contributed by atoms with Crippen molar-refractivity contribution in [3.63, 3.8) is 0 Å². The highest BCUT2D eigenvalue weighted by atomic mass is 79.9. The fourth-order valence-corrected chi connectivity index (χ4v) is 8.38. The average Bonchev–Trinajstić information content (AvgIpc) is 3.68. The first kappa shape index (κ1) is 32.2. The number of nitrogens with one attached hydrogen (secondary N) is 1. The Labute approximate surface area is 286 Å². The number of esters is 1. The molecule has 3 amide bonds. The van der Waals surface area contributed by atoms with Gasteiger partial charge in [0.1, 0.15) is 29.8 Å². The summed E-state index contributed by atoms with van der Waals surface area (Å²) in [6, 6.07) is 20.9. The van der Waals surface area contributed by atoms with Gasteiger partial charge >= 0.3 is 5.97 Å². The maximum atomic E-state index is 14.9. The number of ether oxygens (including phenoxy) is 2. The molecule has 248 valence electrons. The number of β-amino-alcohol motifs (C(OH)–C–C–N with tert-alkyl or cyclic N) is 1. The zero-order chi connectivity index (χ0) is 33.6. The molecule has 5 bridgehead atoms. The van der Waals surface area contributed by atoms with Gasteiger partial charge in [0.2, 0.25) is 11.8 Å². The van der Waals surface area contributed by atoms with Gasteiger partial charge in [-0.1, -0.05) is 88.7 Å². The number of anilines is 1. The maximum absolute atomic E-state index is 14.9. The highest BCUT2D eigenvalue weighted by molar-refractivity contribution is 9.11. The molecule has 2 saturated heterocycles. The number of fused-ring (bicyclic) bond motifs is 3. The minimum absolute atomic E-state index is 0.119.